The maximum atomic E-state index is 14.4. The Morgan fingerprint density at radius 2 is 1.52 bits per heavy atom. The Hall–Kier alpha value is -2.49. The van der Waals surface area contributed by atoms with Crippen LogP contribution in [0.2, 0.25) is 5.02 Å². The first kappa shape index (κ1) is 21.2. The van der Waals surface area contributed by atoms with Gasteiger partial charge in [-0.05, 0) is 60.7 Å². The summed E-state index contributed by atoms with van der Waals surface area (Å²) in [7, 11) is -4.25. The van der Waals surface area contributed by atoms with E-state index in [1.54, 1.807) is 0 Å². The maximum absolute atomic E-state index is 14.4. The van der Waals surface area contributed by atoms with Gasteiger partial charge in [-0.25, -0.2) is 17.2 Å². The van der Waals surface area contributed by atoms with E-state index in [1.807, 2.05) is 0 Å². The summed E-state index contributed by atoms with van der Waals surface area (Å²) in [5.41, 5.74) is -0.245. The SMILES string of the molecule is O=C(Nc1ccc(S(=O)(=O)Nc2ccc(Br)cc2F)cc1F)c1ccc(Cl)cc1. The molecule has 0 fully saturated rings. The summed E-state index contributed by atoms with van der Waals surface area (Å²) >= 11 is 8.83. The van der Waals surface area contributed by atoms with Crippen LogP contribution in [0.1, 0.15) is 10.4 Å². The molecule has 0 radical (unpaired) electrons. The van der Waals surface area contributed by atoms with Crippen molar-refractivity contribution in [2.45, 2.75) is 4.90 Å². The number of anilines is 2. The lowest BCUT2D eigenvalue weighted by Gasteiger charge is -2.11. The maximum Gasteiger partial charge on any atom is 0.262 e. The van der Waals surface area contributed by atoms with Crippen LogP contribution >= 0.6 is 27.5 Å². The van der Waals surface area contributed by atoms with E-state index in [4.69, 9.17) is 11.6 Å². The molecule has 0 saturated carbocycles. The van der Waals surface area contributed by atoms with Crippen molar-refractivity contribution in [3.05, 3.63) is 87.4 Å². The van der Waals surface area contributed by atoms with Crippen LogP contribution in [-0.4, -0.2) is 14.3 Å². The fourth-order valence-corrected chi connectivity index (χ4v) is 3.87. The number of nitrogens with one attached hydrogen (secondary N) is 2. The molecular weight excluding hydrogens is 490 g/mol. The highest BCUT2D eigenvalue weighted by atomic mass is 79.9. The Balaban J connectivity index is 1.80. The normalized spacial score (nSPS) is 11.2. The van der Waals surface area contributed by atoms with Gasteiger partial charge in [-0.15, -0.1) is 0 Å². The van der Waals surface area contributed by atoms with Gasteiger partial charge >= 0.3 is 0 Å². The summed E-state index contributed by atoms with van der Waals surface area (Å²) in [5.74, 6) is -2.35. The highest BCUT2D eigenvalue weighted by Crippen LogP contribution is 2.25. The number of hydrogen-bond acceptors (Lipinski definition) is 3. The molecule has 0 spiro atoms. The van der Waals surface area contributed by atoms with Crippen LogP contribution in [0.25, 0.3) is 0 Å². The number of halogens is 4. The molecule has 0 atom stereocenters. The van der Waals surface area contributed by atoms with Crippen molar-refractivity contribution in [2.75, 3.05) is 10.0 Å². The first-order valence-electron chi connectivity index (χ1n) is 8.00. The molecule has 3 aromatic carbocycles. The highest BCUT2D eigenvalue weighted by Gasteiger charge is 2.19. The fraction of sp³-hybridized carbons (Fsp3) is 0. The third-order valence-electron chi connectivity index (χ3n) is 3.78. The minimum absolute atomic E-state index is 0.210. The van der Waals surface area contributed by atoms with Crippen molar-refractivity contribution in [1.82, 2.24) is 0 Å². The standard InChI is InChI=1S/C19H12BrClF2N2O3S/c20-12-3-7-18(15(22)9-12)25-29(27,28)14-6-8-17(16(23)10-14)24-19(26)11-1-4-13(21)5-2-11/h1-10,25H,(H,24,26). The molecule has 150 valence electrons. The average Bonchev–Trinajstić information content (AvgIpc) is 2.66. The van der Waals surface area contributed by atoms with E-state index in [0.717, 1.165) is 24.3 Å². The zero-order chi connectivity index (χ0) is 21.2. The Bertz CT molecular complexity index is 1190. The summed E-state index contributed by atoms with van der Waals surface area (Å²) < 4.78 is 55.6. The molecule has 3 aromatic rings. The van der Waals surface area contributed by atoms with Gasteiger partial charge in [-0.2, -0.15) is 0 Å². The monoisotopic (exact) mass is 500 g/mol. The lowest BCUT2D eigenvalue weighted by Crippen LogP contribution is -2.16. The van der Waals surface area contributed by atoms with Gasteiger partial charge in [0.1, 0.15) is 11.6 Å². The predicted octanol–water partition coefficient (Wildman–Crippen LogP) is 5.43. The second-order valence-electron chi connectivity index (χ2n) is 5.83. The van der Waals surface area contributed by atoms with Crippen molar-refractivity contribution >= 4 is 54.8 Å². The molecule has 29 heavy (non-hydrogen) atoms. The van der Waals surface area contributed by atoms with Crippen molar-refractivity contribution in [2.24, 2.45) is 0 Å². The highest BCUT2D eigenvalue weighted by molar-refractivity contribution is 9.10. The number of benzene rings is 3. The summed E-state index contributed by atoms with van der Waals surface area (Å²) in [6.07, 6.45) is 0. The van der Waals surface area contributed by atoms with Crippen molar-refractivity contribution in [3.8, 4) is 0 Å². The van der Waals surface area contributed by atoms with E-state index in [9.17, 15) is 22.0 Å². The zero-order valence-corrected chi connectivity index (χ0v) is 17.6. The third-order valence-corrected chi connectivity index (χ3v) is 5.89. The molecule has 3 rings (SSSR count). The van der Waals surface area contributed by atoms with Gasteiger partial charge in [0.15, 0.2) is 0 Å². The third kappa shape index (κ3) is 5.11. The molecule has 0 unspecified atom stereocenters. The lowest BCUT2D eigenvalue weighted by molar-refractivity contribution is 0.102. The molecule has 0 heterocycles. The molecule has 0 aliphatic heterocycles. The molecule has 10 heteroatoms. The summed E-state index contributed by atoms with van der Waals surface area (Å²) in [4.78, 5) is 11.7. The Labute approximate surface area is 178 Å². The van der Waals surface area contributed by atoms with Crippen LogP contribution < -0.4 is 10.0 Å². The first-order chi connectivity index (χ1) is 13.7. The van der Waals surface area contributed by atoms with Gasteiger partial charge in [-0.1, -0.05) is 27.5 Å². The van der Waals surface area contributed by atoms with Gasteiger partial charge in [0.05, 0.1) is 16.3 Å². The molecule has 0 saturated heterocycles. The molecule has 2 N–H and O–H groups in total. The number of amides is 1. The summed E-state index contributed by atoms with van der Waals surface area (Å²) in [5, 5.41) is 2.79. The number of sulfonamides is 1. The van der Waals surface area contributed by atoms with Gasteiger partial charge < -0.3 is 5.32 Å². The van der Waals surface area contributed by atoms with Crippen LogP contribution in [-0.2, 0) is 10.0 Å². The van der Waals surface area contributed by atoms with E-state index in [-0.39, 0.29) is 16.9 Å². The van der Waals surface area contributed by atoms with E-state index in [2.05, 4.69) is 26.0 Å². The summed E-state index contributed by atoms with van der Waals surface area (Å²) in [6.45, 7) is 0. The smallest absolute Gasteiger partial charge is 0.262 e. The van der Waals surface area contributed by atoms with Crippen molar-refractivity contribution < 1.29 is 22.0 Å². The Morgan fingerprint density at radius 3 is 2.14 bits per heavy atom. The van der Waals surface area contributed by atoms with Crippen LogP contribution in [0, 0.1) is 11.6 Å². The first-order valence-corrected chi connectivity index (χ1v) is 10.7. The number of carbonyl (C=O) groups is 1. The van der Waals surface area contributed by atoms with E-state index in [1.165, 1.54) is 36.4 Å². The van der Waals surface area contributed by atoms with Gasteiger partial charge in [-0.3, -0.25) is 9.52 Å². The van der Waals surface area contributed by atoms with E-state index in [0.29, 0.717) is 9.50 Å². The van der Waals surface area contributed by atoms with Gasteiger partial charge in [0.25, 0.3) is 15.9 Å². The summed E-state index contributed by atoms with van der Waals surface area (Å²) in [6, 6.07) is 12.7. The molecule has 0 aliphatic rings. The number of rotatable bonds is 5. The topological polar surface area (TPSA) is 75.3 Å². The van der Waals surface area contributed by atoms with Crippen LogP contribution in [0.5, 0.6) is 0 Å². The van der Waals surface area contributed by atoms with E-state index >= 15 is 0 Å². The lowest BCUT2D eigenvalue weighted by atomic mass is 10.2. The fourth-order valence-electron chi connectivity index (χ4n) is 2.34. The molecule has 0 aromatic heterocycles. The van der Waals surface area contributed by atoms with Crippen LogP contribution in [0.15, 0.2) is 70.0 Å². The molecule has 1 amide bonds. The Morgan fingerprint density at radius 1 is 0.897 bits per heavy atom. The second kappa shape index (κ2) is 8.48. The van der Waals surface area contributed by atoms with Crippen molar-refractivity contribution in [1.29, 1.82) is 0 Å². The molecule has 5 nitrogen and oxygen atoms in total. The van der Waals surface area contributed by atoms with E-state index < -0.39 is 32.5 Å². The molecule has 0 bridgehead atoms. The second-order valence-corrected chi connectivity index (χ2v) is 8.87. The van der Waals surface area contributed by atoms with Crippen LogP contribution in [0.4, 0.5) is 20.2 Å². The average molecular weight is 502 g/mol. The van der Waals surface area contributed by atoms with Crippen molar-refractivity contribution in [3.63, 3.8) is 0 Å². The number of carbonyl (C=O) groups excluding carboxylic acids is 1. The minimum Gasteiger partial charge on any atom is -0.319 e. The van der Waals surface area contributed by atoms with Gasteiger partial charge in [0, 0.05) is 15.1 Å². The largest absolute Gasteiger partial charge is 0.319 e. The predicted molar refractivity (Wildman–Crippen MR) is 111 cm³/mol. The Kier molecular flexibility index (Phi) is 6.21. The van der Waals surface area contributed by atoms with Gasteiger partial charge in [0.2, 0.25) is 0 Å². The zero-order valence-electron chi connectivity index (χ0n) is 14.4. The number of hydrogen-bond donors (Lipinski definition) is 2. The molecular formula is C19H12BrClF2N2O3S. The van der Waals surface area contributed by atoms with Crippen LogP contribution in [0.3, 0.4) is 0 Å². The molecule has 0 aliphatic carbocycles. The quantitative estimate of drug-likeness (QED) is 0.489. The minimum atomic E-state index is -4.25.